The van der Waals surface area contributed by atoms with Gasteiger partial charge in [-0.3, -0.25) is 9.59 Å². The first-order valence-corrected chi connectivity index (χ1v) is 11.0. The minimum atomic E-state index is -0.942. The molecule has 1 aliphatic heterocycles. The highest BCUT2D eigenvalue weighted by molar-refractivity contribution is 5.89. The number of rotatable bonds is 7. The normalized spacial score (nSPS) is 17.0. The summed E-state index contributed by atoms with van der Waals surface area (Å²) in [5, 5.41) is 12.0. The molecule has 8 nitrogen and oxygen atoms in total. The van der Waals surface area contributed by atoms with E-state index in [0.29, 0.717) is 0 Å². The number of amides is 2. The van der Waals surface area contributed by atoms with E-state index in [0.717, 1.165) is 22.3 Å². The number of aliphatic carboxylic acids is 1. The maximum absolute atomic E-state index is 12.9. The van der Waals surface area contributed by atoms with Gasteiger partial charge in [-0.15, -0.1) is 0 Å². The lowest BCUT2D eigenvalue weighted by molar-refractivity contribution is -0.164. The predicted molar refractivity (Wildman–Crippen MR) is 123 cm³/mol. The SMILES string of the molecule is CN(C)CC(NC(=O)OCC1c2ccccc2-c2ccccc21)C(=O)N1CC(C)(C(=O)O)C1. The number of fused-ring (bicyclic) bond motifs is 3. The van der Waals surface area contributed by atoms with Crippen molar-refractivity contribution in [2.45, 2.75) is 18.9 Å². The van der Waals surface area contributed by atoms with Crippen LogP contribution in [0.4, 0.5) is 4.79 Å². The molecule has 33 heavy (non-hydrogen) atoms. The van der Waals surface area contributed by atoms with E-state index >= 15 is 0 Å². The van der Waals surface area contributed by atoms with Gasteiger partial charge in [-0.1, -0.05) is 48.5 Å². The van der Waals surface area contributed by atoms with E-state index in [-0.39, 0.29) is 38.1 Å². The Bertz CT molecular complexity index is 1030. The minimum absolute atomic E-state index is 0.0715. The van der Waals surface area contributed by atoms with Crippen molar-refractivity contribution < 1.29 is 24.2 Å². The average Bonchev–Trinajstić information content (AvgIpc) is 3.08. The highest BCUT2D eigenvalue weighted by Crippen LogP contribution is 2.44. The zero-order valence-electron chi connectivity index (χ0n) is 19.1. The Hall–Kier alpha value is -3.39. The van der Waals surface area contributed by atoms with Crippen LogP contribution >= 0.6 is 0 Å². The lowest BCUT2D eigenvalue weighted by Crippen LogP contribution is -2.65. The first-order valence-electron chi connectivity index (χ1n) is 11.0. The highest BCUT2D eigenvalue weighted by atomic mass is 16.5. The molecule has 2 aromatic rings. The Morgan fingerprint density at radius 3 is 2.15 bits per heavy atom. The summed E-state index contributed by atoms with van der Waals surface area (Å²) in [7, 11) is 3.61. The zero-order chi connectivity index (χ0) is 23.8. The van der Waals surface area contributed by atoms with Crippen LogP contribution < -0.4 is 5.32 Å². The van der Waals surface area contributed by atoms with Crippen molar-refractivity contribution in [2.24, 2.45) is 5.41 Å². The van der Waals surface area contributed by atoms with Gasteiger partial charge in [0.05, 0.1) is 0 Å². The van der Waals surface area contributed by atoms with Crippen LogP contribution in [0.15, 0.2) is 48.5 Å². The Morgan fingerprint density at radius 2 is 1.64 bits per heavy atom. The van der Waals surface area contributed by atoms with E-state index in [2.05, 4.69) is 17.4 Å². The van der Waals surface area contributed by atoms with Gasteiger partial charge in [0, 0.05) is 25.6 Å². The number of alkyl carbamates (subject to hydrolysis) is 1. The minimum Gasteiger partial charge on any atom is -0.481 e. The quantitative estimate of drug-likeness (QED) is 0.671. The number of ether oxygens (including phenoxy) is 1. The average molecular weight is 452 g/mol. The summed E-state index contributed by atoms with van der Waals surface area (Å²) in [5.74, 6) is -1.31. The lowest BCUT2D eigenvalue weighted by atomic mass is 9.81. The Labute approximate surface area is 193 Å². The van der Waals surface area contributed by atoms with Crippen molar-refractivity contribution in [3.8, 4) is 11.1 Å². The molecule has 1 fully saturated rings. The predicted octanol–water partition coefficient (Wildman–Crippen LogP) is 2.39. The number of hydrogen-bond donors (Lipinski definition) is 2. The van der Waals surface area contributed by atoms with Crippen LogP contribution in [0.1, 0.15) is 24.0 Å². The fraction of sp³-hybridized carbons (Fsp3) is 0.400. The van der Waals surface area contributed by atoms with E-state index in [1.807, 2.05) is 36.4 Å². The largest absolute Gasteiger partial charge is 0.481 e. The van der Waals surface area contributed by atoms with E-state index in [9.17, 15) is 19.5 Å². The summed E-state index contributed by atoms with van der Waals surface area (Å²) in [5.41, 5.74) is 3.56. The molecule has 4 rings (SSSR count). The molecule has 8 heteroatoms. The number of likely N-dealkylation sites (tertiary alicyclic amines) is 1. The molecule has 1 heterocycles. The first-order chi connectivity index (χ1) is 15.7. The van der Waals surface area contributed by atoms with Gasteiger partial charge in [-0.25, -0.2) is 4.79 Å². The molecule has 1 unspecified atom stereocenters. The number of carboxylic acid groups (broad SMARTS) is 1. The third kappa shape index (κ3) is 4.43. The Balaban J connectivity index is 1.40. The summed E-state index contributed by atoms with van der Waals surface area (Å²) < 4.78 is 5.58. The van der Waals surface area contributed by atoms with Crippen LogP contribution in [0.2, 0.25) is 0 Å². The molecular formula is C25H29N3O5. The standard InChI is InChI=1S/C25H29N3O5/c1-25(23(30)31)14-28(15-25)22(29)21(12-27(2)3)26-24(32)33-13-20-18-10-6-4-8-16(18)17-9-5-7-11-19(17)20/h4-11,20-21H,12-15H2,1-3H3,(H,26,32)(H,30,31). The summed E-state index contributed by atoms with van der Waals surface area (Å²) in [4.78, 5) is 40.2. The second-order valence-electron chi connectivity index (χ2n) is 9.34. The number of nitrogens with zero attached hydrogens (tertiary/aromatic N) is 2. The summed E-state index contributed by atoms with van der Waals surface area (Å²) in [6.07, 6.45) is -0.668. The van der Waals surface area contributed by atoms with Gasteiger partial charge < -0.3 is 25.0 Å². The molecule has 1 saturated heterocycles. The summed E-state index contributed by atoms with van der Waals surface area (Å²) >= 11 is 0. The maximum Gasteiger partial charge on any atom is 0.407 e. The first kappa shape index (κ1) is 22.8. The number of nitrogens with one attached hydrogen (secondary N) is 1. The number of carbonyl (C=O) groups excluding carboxylic acids is 2. The summed E-state index contributed by atoms with van der Waals surface area (Å²) in [6, 6.07) is 15.3. The third-order valence-electron chi connectivity index (χ3n) is 6.39. The van der Waals surface area contributed by atoms with E-state index in [1.54, 1.807) is 25.9 Å². The van der Waals surface area contributed by atoms with E-state index < -0.39 is 23.5 Å². The number of benzene rings is 2. The van der Waals surface area contributed by atoms with Crippen molar-refractivity contribution in [1.82, 2.24) is 15.1 Å². The van der Waals surface area contributed by atoms with Gasteiger partial charge in [0.1, 0.15) is 18.1 Å². The second kappa shape index (κ2) is 8.86. The third-order valence-corrected chi connectivity index (χ3v) is 6.39. The van der Waals surface area contributed by atoms with Crippen LogP contribution in [0, 0.1) is 5.41 Å². The number of hydrogen-bond acceptors (Lipinski definition) is 5. The molecule has 0 bridgehead atoms. The molecule has 2 N–H and O–H groups in total. The molecule has 2 aromatic carbocycles. The van der Waals surface area contributed by atoms with Crippen LogP contribution in [-0.2, 0) is 14.3 Å². The van der Waals surface area contributed by atoms with E-state index in [4.69, 9.17) is 4.74 Å². The van der Waals surface area contributed by atoms with Gasteiger partial charge in [-0.05, 0) is 43.3 Å². The van der Waals surface area contributed by atoms with Crippen LogP contribution in [0.25, 0.3) is 11.1 Å². The second-order valence-corrected chi connectivity index (χ2v) is 9.34. The molecule has 0 aromatic heterocycles. The number of likely N-dealkylation sites (N-methyl/N-ethyl adjacent to an activating group) is 1. The van der Waals surface area contributed by atoms with Crippen molar-refractivity contribution in [1.29, 1.82) is 0 Å². The molecular weight excluding hydrogens is 422 g/mol. The van der Waals surface area contributed by atoms with Crippen molar-refractivity contribution in [3.05, 3.63) is 59.7 Å². The molecule has 0 saturated carbocycles. The fourth-order valence-electron chi connectivity index (χ4n) is 4.64. The van der Waals surface area contributed by atoms with Gasteiger partial charge in [0.2, 0.25) is 5.91 Å². The van der Waals surface area contributed by atoms with Crippen LogP contribution in [0.5, 0.6) is 0 Å². The van der Waals surface area contributed by atoms with Crippen molar-refractivity contribution in [2.75, 3.05) is 40.3 Å². The zero-order valence-corrected chi connectivity index (χ0v) is 19.1. The molecule has 2 aliphatic rings. The van der Waals surface area contributed by atoms with E-state index in [1.165, 1.54) is 4.90 Å². The Morgan fingerprint density at radius 1 is 1.09 bits per heavy atom. The molecule has 174 valence electrons. The van der Waals surface area contributed by atoms with Gasteiger partial charge in [0.25, 0.3) is 0 Å². The summed E-state index contributed by atoms with van der Waals surface area (Å²) in [6.45, 7) is 2.29. The molecule has 1 aliphatic carbocycles. The van der Waals surface area contributed by atoms with Gasteiger partial charge in [0.15, 0.2) is 0 Å². The van der Waals surface area contributed by atoms with Crippen molar-refractivity contribution in [3.63, 3.8) is 0 Å². The lowest BCUT2D eigenvalue weighted by Gasteiger charge is -2.46. The monoisotopic (exact) mass is 451 g/mol. The van der Waals surface area contributed by atoms with Crippen LogP contribution in [-0.4, -0.2) is 79.3 Å². The topological polar surface area (TPSA) is 99.2 Å². The van der Waals surface area contributed by atoms with Gasteiger partial charge >= 0.3 is 12.1 Å². The molecule has 0 radical (unpaired) electrons. The molecule has 0 spiro atoms. The van der Waals surface area contributed by atoms with Gasteiger partial charge in [-0.2, -0.15) is 0 Å². The molecule has 1 atom stereocenters. The highest BCUT2D eigenvalue weighted by Gasteiger charge is 2.48. The number of carboxylic acids is 1. The Kier molecular flexibility index (Phi) is 6.12. The van der Waals surface area contributed by atoms with Crippen LogP contribution in [0.3, 0.4) is 0 Å². The molecule has 2 amide bonds. The maximum atomic E-state index is 12.9. The van der Waals surface area contributed by atoms with Crippen molar-refractivity contribution >= 4 is 18.0 Å². The smallest absolute Gasteiger partial charge is 0.407 e. The number of carbonyl (C=O) groups is 3. The fourth-order valence-corrected chi connectivity index (χ4v) is 4.64.